The van der Waals surface area contributed by atoms with Crippen molar-refractivity contribution < 1.29 is 14.3 Å². The Morgan fingerprint density at radius 1 is 1.12 bits per heavy atom. The third kappa shape index (κ3) is 5.67. The fourth-order valence-corrected chi connectivity index (χ4v) is 2.26. The standard InChI is InChI=1S/C19H25N3O3/c1-13(2)11-20-15-6-8-18(21-12-15)22-19(23)10-14-5-7-16(24-3)17(9-14)25-4/h5-9,12-13,20H,10-11H2,1-4H3,(H,21,22,23). The van der Waals surface area contributed by atoms with Crippen LogP contribution in [-0.4, -0.2) is 31.7 Å². The second kappa shape index (κ2) is 8.92. The Balaban J connectivity index is 1.93. The van der Waals surface area contributed by atoms with Gasteiger partial charge in [0.25, 0.3) is 0 Å². The molecule has 0 saturated carbocycles. The lowest BCUT2D eigenvalue weighted by molar-refractivity contribution is -0.115. The van der Waals surface area contributed by atoms with Crippen LogP contribution in [0.3, 0.4) is 0 Å². The van der Waals surface area contributed by atoms with Crippen molar-refractivity contribution in [3.63, 3.8) is 0 Å². The number of carbonyl (C=O) groups excluding carboxylic acids is 1. The topological polar surface area (TPSA) is 72.5 Å². The number of carbonyl (C=O) groups is 1. The van der Waals surface area contributed by atoms with E-state index in [2.05, 4.69) is 29.5 Å². The first kappa shape index (κ1) is 18.6. The van der Waals surface area contributed by atoms with Gasteiger partial charge in [-0.15, -0.1) is 0 Å². The highest BCUT2D eigenvalue weighted by Crippen LogP contribution is 2.27. The summed E-state index contributed by atoms with van der Waals surface area (Å²) in [6.07, 6.45) is 1.95. The van der Waals surface area contributed by atoms with Gasteiger partial charge in [0.1, 0.15) is 5.82 Å². The van der Waals surface area contributed by atoms with Crippen LogP contribution in [0.4, 0.5) is 11.5 Å². The van der Waals surface area contributed by atoms with Crippen molar-refractivity contribution in [1.82, 2.24) is 4.98 Å². The zero-order valence-corrected chi connectivity index (χ0v) is 15.1. The monoisotopic (exact) mass is 343 g/mol. The van der Waals surface area contributed by atoms with Crippen LogP contribution in [0.2, 0.25) is 0 Å². The summed E-state index contributed by atoms with van der Waals surface area (Å²) < 4.78 is 10.4. The van der Waals surface area contributed by atoms with Gasteiger partial charge in [0.05, 0.1) is 32.5 Å². The molecule has 25 heavy (non-hydrogen) atoms. The van der Waals surface area contributed by atoms with Gasteiger partial charge in [0.2, 0.25) is 5.91 Å². The number of hydrogen-bond donors (Lipinski definition) is 2. The van der Waals surface area contributed by atoms with Crippen molar-refractivity contribution in [2.75, 3.05) is 31.4 Å². The molecule has 0 unspecified atom stereocenters. The summed E-state index contributed by atoms with van der Waals surface area (Å²) >= 11 is 0. The summed E-state index contributed by atoms with van der Waals surface area (Å²) in [6.45, 7) is 5.17. The molecule has 2 aromatic rings. The number of aromatic nitrogens is 1. The normalized spacial score (nSPS) is 10.4. The van der Waals surface area contributed by atoms with E-state index in [9.17, 15) is 4.79 Å². The lowest BCUT2D eigenvalue weighted by Gasteiger charge is -2.11. The first-order valence-electron chi connectivity index (χ1n) is 8.22. The molecule has 0 atom stereocenters. The molecule has 2 rings (SSSR count). The lowest BCUT2D eigenvalue weighted by Crippen LogP contribution is -2.15. The molecule has 6 nitrogen and oxygen atoms in total. The summed E-state index contributed by atoms with van der Waals surface area (Å²) in [5, 5.41) is 6.09. The number of rotatable bonds is 8. The van der Waals surface area contributed by atoms with Crippen LogP contribution in [-0.2, 0) is 11.2 Å². The molecule has 0 fully saturated rings. The predicted octanol–water partition coefficient (Wildman–Crippen LogP) is 3.35. The molecule has 0 radical (unpaired) electrons. The maximum atomic E-state index is 12.2. The largest absolute Gasteiger partial charge is 0.493 e. The molecular formula is C19H25N3O3. The summed E-state index contributed by atoms with van der Waals surface area (Å²) in [6, 6.07) is 9.11. The number of hydrogen-bond acceptors (Lipinski definition) is 5. The quantitative estimate of drug-likeness (QED) is 0.769. The average molecular weight is 343 g/mol. The second-order valence-corrected chi connectivity index (χ2v) is 6.12. The molecule has 1 amide bonds. The molecule has 1 aromatic heterocycles. The van der Waals surface area contributed by atoms with Gasteiger partial charge in [-0.2, -0.15) is 0 Å². The first-order valence-corrected chi connectivity index (χ1v) is 8.22. The number of pyridine rings is 1. The number of nitrogens with zero attached hydrogens (tertiary/aromatic N) is 1. The highest BCUT2D eigenvalue weighted by molar-refractivity contribution is 5.91. The van der Waals surface area contributed by atoms with Gasteiger partial charge in [0.15, 0.2) is 11.5 Å². The molecule has 0 bridgehead atoms. The van der Waals surface area contributed by atoms with E-state index in [0.717, 1.165) is 17.8 Å². The highest BCUT2D eigenvalue weighted by atomic mass is 16.5. The number of methoxy groups -OCH3 is 2. The molecule has 0 spiro atoms. The zero-order chi connectivity index (χ0) is 18.2. The maximum Gasteiger partial charge on any atom is 0.229 e. The summed E-state index contributed by atoms with van der Waals surface area (Å²) in [4.78, 5) is 16.5. The minimum Gasteiger partial charge on any atom is -0.493 e. The molecule has 0 saturated heterocycles. The van der Waals surface area contributed by atoms with Crippen LogP contribution >= 0.6 is 0 Å². The number of ether oxygens (including phenoxy) is 2. The van der Waals surface area contributed by atoms with Crippen LogP contribution < -0.4 is 20.1 Å². The molecule has 6 heteroatoms. The molecule has 1 aromatic carbocycles. The zero-order valence-electron chi connectivity index (χ0n) is 15.1. The minimum absolute atomic E-state index is 0.136. The van der Waals surface area contributed by atoms with Crippen molar-refractivity contribution in [1.29, 1.82) is 0 Å². The molecular weight excluding hydrogens is 318 g/mol. The van der Waals surface area contributed by atoms with Crippen molar-refractivity contribution in [3.05, 3.63) is 42.1 Å². The Kier molecular flexibility index (Phi) is 6.62. The number of nitrogens with one attached hydrogen (secondary N) is 2. The number of benzene rings is 1. The number of anilines is 2. The van der Waals surface area contributed by atoms with Gasteiger partial charge in [0, 0.05) is 6.54 Å². The van der Waals surface area contributed by atoms with Gasteiger partial charge in [-0.1, -0.05) is 19.9 Å². The maximum absolute atomic E-state index is 12.2. The van der Waals surface area contributed by atoms with Gasteiger partial charge < -0.3 is 20.1 Å². The SMILES string of the molecule is COc1ccc(CC(=O)Nc2ccc(NCC(C)C)cn2)cc1OC. The Morgan fingerprint density at radius 2 is 1.88 bits per heavy atom. The van der Waals surface area contributed by atoms with Crippen molar-refractivity contribution in [2.45, 2.75) is 20.3 Å². The van der Waals surface area contributed by atoms with Gasteiger partial charge in [-0.3, -0.25) is 4.79 Å². The van der Waals surface area contributed by atoms with E-state index in [1.54, 1.807) is 38.6 Å². The number of amides is 1. The van der Waals surface area contributed by atoms with E-state index < -0.39 is 0 Å². The van der Waals surface area contributed by atoms with Crippen LogP contribution in [0.1, 0.15) is 19.4 Å². The smallest absolute Gasteiger partial charge is 0.229 e. The second-order valence-electron chi connectivity index (χ2n) is 6.12. The van der Waals surface area contributed by atoms with E-state index in [0.29, 0.717) is 23.2 Å². The Hall–Kier alpha value is -2.76. The van der Waals surface area contributed by atoms with E-state index in [1.165, 1.54) is 0 Å². The van der Waals surface area contributed by atoms with Crippen LogP contribution in [0.15, 0.2) is 36.5 Å². The Bertz CT molecular complexity index is 700. The van der Waals surface area contributed by atoms with Crippen molar-refractivity contribution in [2.24, 2.45) is 5.92 Å². The average Bonchev–Trinajstić information content (AvgIpc) is 2.60. The van der Waals surface area contributed by atoms with E-state index in [1.807, 2.05) is 12.1 Å². The molecule has 0 aliphatic carbocycles. The Morgan fingerprint density at radius 3 is 2.48 bits per heavy atom. The Labute approximate surface area is 148 Å². The van der Waals surface area contributed by atoms with Gasteiger partial charge in [-0.25, -0.2) is 4.98 Å². The van der Waals surface area contributed by atoms with E-state index >= 15 is 0 Å². The minimum atomic E-state index is -0.136. The third-order valence-electron chi connectivity index (χ3n) is 3.56. The van der Waals surface area contributed by atoms with E-state index in [-0.39, 0.29) is 12.3 Å². The van der Waals surface area contributed by atoms with Crippen LogP contribution in [0, 0.1) is 5.92 Å². The summed E-state index contributed by atoms with van der Waals surface area (Å²) in [5.41, 5.74) is 1.77. The van der Waals surface area contributed by atoms with Crippen molar-refractivity contribution >= 4 is 17.4 Å². The molecule has 134 valence electrons. The van der Waals surface area contributed by atoms with Crippen LogP contribution in [0.25, 0.3) is 0 Å². The predicted molar refractivity (Wildman–Crippen MR) is 99.4 cm³/mol. The first-order chi connectivity index (χ1) is 12.0. The van der Waals surface area contributed by atoms with E-state index in [4.69, 9.17) is 9.47 Å². The lowest BCUT2D eigenvalue weighted by atomic mass is 10.1. The summed E-state index contributed by atoms with van der Waals surface area (Å²) in [7, 11) is 3.15. The van der Waals surface area contributed by atoms with Gasteiger partial charge in [-0.05, 0) is 35.7 Å². The van der Waals surface area contributed by atoms with Gasteiger partial charge >= 0.3 is 0 Å². The molecule has 0 aliphatic rings. The highest BCUT2D eigenvalue weighted by Gasteiger charge is 2.09. The fraction of sp³-hybridized carbons (Fsp3) is 0.368. The molecule has 1 heterocycles. The summed E-state index contributed by atoms with van der Waals surface area (Å²) in [5.74, 6) is 2.19. The third-order valence-corrected chi connectivity index (χ3v) is 3.56. The molecule has 0 aliphatic heterocycles. The van der Waals surface area contributed by atoms with Crippen molar-refractivity contribution in [3.8, 4) is 11.5 Å². The van der Waals surface area contributed by atoms with Crippen LogP contribution in [0.5, 0.6) is 11.5 Å². The fourth-order valence-electron chi connectivity index (χ4n) is 2.26. The molecule has 2 N–H and O–H groups in total.